The largest absolute Gasteiger partial charge is 0.586 e. The van der Waals surface area contributed by atoms with Gasteiger partial charge in [0, 0.05) is 35.5 Å². The molecule has 0 bridgehead atoms. The number of likely N-dealkylation sites (tertiary alicyclic amines) is 1. The number of nitrogens with one attached hydrogen (secondary N) is 1. The predicted octanol–water partition coefficient (Wildman–Crippen LogP) is 3.35. The van der Waals surface area contributed by atoms with Crippen LogP contribution in [0.4, 0.5) is 13.9 Å². The highest BCUT2D eigenvalue weighted by Gasteiger charge is 2.43. The molecule has 1 saturated heterocycles. The molecule has 2 aromatic heterocycles. The maximum absolute atomic E-state index is 13.2. The number of nitrogens with zero attached hydrogens (tertiary/aromatic N) is 3. The number of rotatable bonds is 4. The van der Waals surface area contributed by atoms with E-state index in [9.17, 15) is 18.8 Å². The quantitative estimate of drug-likeness (QED) is 0.456. The molecule has 32 heavy (non-hydrogen) atoms. The molecule has 0 saturated carbocycles. The number of benzene rings is 1. The number of pyridine rings is 1. The van der Waals surface area contributed by atoms with Gasteiger partial charge in [0.25, 0.3) is 0 Å². The Morgan fingerprint density at radius 3 is 2.81 bits per heavy atom. The molecule has 3 aromatic rings. The predicted molar refractivity (Wildman–Crippen MR) is 111 cm³/mol. The van der Waals surface area contributed by atoms with Crippen molar-refractivity contribution >= 4 is 32.6 Å². The van der Waals surface area contributed by atoms with Gasteiger partial charge < -0.3 is 14.8 Å². The maximum Gasteiger partial charge on any atom is 0.586 e. The monoisotopic (exact) mass is 463 g/mol. The zero-order chi connectivity index (χ0) is 22.5. The van der Waals surface area contributed by atoms with E-state index in [1.54, 1.807) is 12.4 Å². The summed E-state index contributed by atoms with van der Waals surface area (Å²) in [6.45, 7) is 3.41. The number of ether oxygens (including phenoxy) is 2. The SMILES string of the molecule is CC(C(=O)Nc1nc2cc3c(cc2s1)OC(F)(F)O3)N1CCC[C@H](c2cc[n+](O)cc2)C1. The van der Waals surface area contributed by atoms with Gasteiger partial charge in [-0.1, -0.05) is 11.3 Å². The summed E-state index contributed by atoms with van der Waals surface area (Å²) >= 11 is 1.19. The van der Waals surface area contributed by atoms with Crippen LogP contribution < -0.4 is 19.5 Å². The molecule has 5 rings (SSSR count). The number of piperidine rings is 1. The Morgan fingerprint density at radius 2 is 2.06 bits per heavy atom. The lowest BCUT2D eigenvalue weighted by Crippen LogP contribution is -2.46. The zero-order valence-electron chi connectivity index (χ0n) is 17.1. The van der Waals surface area contributed by atoms with Crippen molar-refractivity contribution in [1.82, 2.24) is 9.88 Å². The molecule has 168 valence electrons. The molecule has 2 aliphatic heterocycles. The summed E-state index contributed by atoms with van der Waals surface area (Å²) in [4.78, 5) is 19.4. The summed E-state index contributed by atoms with van der Waals surface area (Å²) in [5.41, 5.74) is 1.57. The van der Waals surface area contributed by atoms with Crippen molar-refractivity contribution in [2.45, 2.75) is 38.0 Å². The molecule has 0 radical (unpaired) electrons. The molecule has 1 unspecified atom stereocenters. The number of hydrogen-bond donors (Lipinski definition) is 2. The van der Waals surface area contributed by atoms with Crippen LogP contribution in [0.15, 0.2) is 36.7 Å². The average Bonchev–Trinajstić information content (AvgIpc) is 3.28. The number of alkyl halides is 2. The first-order valence-corrected chi connectivity index (χ1v) is 11.0. The van der Waals surface area contributed by atoms with Gasteiger partial charge in [-0.25, -0.2) is 4.98 Å². The Bertz CT molecular complexity index is 1130. The molecular weight excluding hydrogens is 442 g/mol. The van der Waals surface area contributed by atoms with Gasteiger partial charge in [0.2, 0.25) is 18.3 Å². The normalized spacial score (nSPS) is 20.9. The number of thiazole rings is 1. The Balaban J connectivity index is 1.26. The van der Waals surface area contributed by atoms with Crippen molar-refractivity contribution in [2.75, 3.05) is 18.4 Å². The summed E-state index contributed by atoms with van der Waals surface area (Å²) in [6, 6.07) is 6.23. The van der Waals surface area contributed by atoms with Crippen LogP contribution >= 0.6 is 11.3 Å². The third-order valence-corrected chi connectivity index (χ3v) is 6.77. The molecule has 2 N–H and O–H groups in total. The highest BCUT2D eigenvalue weighted by molar-refractivity contribution is 7.22. The van der Waals surface area contributed by atoms with Gasteiger partial charge in [0.1, 0.15) is 0 Å². The van der Waals surface area contributed by atoms with E-state index in [4.69, 9.17) is 0 Å². The molecular formula is C21H21F2N4O4S+. The van der Waals surface area contributed by atoms with E-state index in [1.807, 2.05) is 19.1 Å². The van der Waals surface area contributed by atoms with Crippen LogP contribution in [0.25, 0.3) is 10.2 Å². The van der Waals surface area contributed by atoms with E-state index in [2.05, 4.69) is 24.7 Å². The first-order valence-electron chi connectivity index (χ1n) is 10.2. The van der Waals surface area contributed by atoms with E-state index in [0.717, 1.165) is 36.2 Å². The van der Waals surface area contributed by atoms with Crippen LogP contribution in [-0.2, 0) is 4.79 Å². The number of aromatic nitrogens is 2. The van der Waals surface area contributed by atoms with Crippen molar-refractivity contribution in [1.29, 1.82) is 0 Å². The Kier molecular flexibility index (Phi) is 5.09. The van der Waals surface area contributed by atoms with E-state index in [1.165, 1.54) is 23.5 Å². The van der Waals surface area contributed by atoms with E-state index < -0.39 is 6.29 Å². The smallest absolute Gasteiger partial charge is 0.395 e. The summed E-state index contributed by atoms with van der Waals surface area (Å²) in [6.07, 6.45) is 1.51. The van der Waals surface area contributed by atoms with Crippen LogP contribution in [0.3, 0.4) is 0 Å². The van der Waals surface area contributed by atoms with Crippen molar-refractivity contribution in [2.24, 2.45) is 0 Å². The fraction of sp³-hybridized carbons (Fsp3) is 0.381. The molecule has 4 heterocycles. The van der Waals surface area contributed by atoms with Crippen LogP contribution in [0, 0.1) is 0 Å². The lowest BCUT2D eigenvalue weighted by molar-refractivity contribution is -0.904. The summed E-state index contributed by atoms with van der Waals surface area (Å²) < 4.78 is 37.0. The fourth-order valence-electron chi connectivity index (χ4n) is 4.13. The fourth-order valence-corrected chi connectivity index (χ4v) is 5.01. The van der Waals surface area contributed by atoms with Crippen LogP contribution in [0.5, 0.6) is 11.5 Å². The highest BCUT2D eigenvalue weighted by Crippen LogP contribution is 2.44. The van der Waals surface area contributed by atoms with Crippen LogP contribution in [-0.4, -0.2) is 46.4 Å². The lowest BCUT2D eigenvalue weighted by Gasteiger charge is -2.36. The van der Waals surface area contributed by atoms with E-state index in [0.29, 0.717) is 15.3 Å². The number of carbonyl (C=O) groups excluding carboxylic acids is 1. The van der Waals surface area contributed by atoms with Crippen molar-refractivity contribution in [3.8, 4) is 11.5 Å². The van der Waals surface area contributed by atoms with Crippen molar-refractivity contribution in [3.05, 3.63) is 42.2 Å². The second kappa shape index (κ2) is 7.82. The van der Waals surface area contributed by atoms with Crippen molar-refractivity contribution < 1.29 is 33.0 Å². The number of carbonyl (C=O) groups is 1. The molecule has 2 atom stereocenters. The number of fused-ring (bicyclic) bond motifs is 2. The molecule has 0 aliphatic carbocycles. The molecule has 1 fully saturated rings. The van der Waals surface area contributed by atoms with Gasteiger partial charge >= 0.3 is 6.29 Å². The van der Waals surface area contributed by atoms with Crippen LogP contribution in [0.2, 0.25) is 0 Å². The minimum absolute atomic E-state index is 0.0515. The summed E-state index contributed by atoms with van der Waals surface area (Å²) in [7, 11) is 0. The second-order valence-electron chi connectivity index (χ2n) is 7.96. The minimum atomic E-state index is -3.68. The first kappa shape index (κ1) is 20.8. The summed E-state index contributed by atoms with van der Waals surface area (Å²) in [5.74, 6) is -0.0314. The topological polar surface area (TPSA) is 87.8 Å². The zero-order valence-corrected chi connectivity index (χ0v) is 17.9. The second-order valence-corrected chi connectivity index (χ2v) is 8.99. The number of halogens is 2. The standard InChI is InChI=1S/C21H20F2N4O4S/c1-12(26-6-2-3-14(11-26)13-4-7-27(29)8-5-13)19(28)25-20-24-15-9-16-17(10-18(15)32-20)31-21(22,23)30-16/h4-5,7-10,12,14H,2-3,6,11H2,1H3,(H-,24,25,28,29)/p+1/t12?,14-/m0/s1. The van der Waals surface area contributed by atoms with Gasteiger partial charge in [0.15, 0.2) is 16.6 Å². The van der Waals surface area contributed by atoms with Gasteiger partial charge in [-0.3, -0.25) is 14.9 Å². The lowest BCUT2D eigenvalue weighted by atomic mass is 9.90. The van der Waals surface area contributed by atoms with E-state index in [-0.39, 0.29) is 29.4 Å². The number of hydrogen-bond acceptors (Lipinski definition) is 7. The molecule has 1 amide bonds. The third-order valence-electron chi connectivity index (χ3n) is 5.83. The van der Waals surface area contributed by atoms with Gasteiger partial charge in [-0.15, -0.1) is 8.78 Å². The van der Waals surface area contributed by atoms with Crippen molar-refractivity contribution in [3.63, 3.8) is 0 Å². The molecule has 8 nitrogen and oxygen atoms in total. The maximum atomic E-state index is 13.2. The number of anilines is 1. The first-order chi connectivity index (χ1) is 15.3. The molecule has 11 heteroatoms. The van der Waals surface area contributed by atoms with Gasteiger partial charge in [-0.2, -0.15) is 0 Å². The minimum Gasteiger partial charge on any atom is -0.395 e. The molecule has 0 spiro atoms. The van der Waals surface area contributed by atoms with Gasteiger partial charge in [-0.05, 0) is 37.8 Å². The highest BCUT2D eigenvalue weighted by atomic mass is 32.1. The summed E-state index contributed by atoms with van der Waals surface area (Å²) in [5, 5.41) is 12.7. The molecule has 1 aromatic carbocycles. The Labute approximate surface area is 186 Å². The Morgan fingerprint density at radius 1 is 1.34 bits per heavy atom. The Hall–Kier alpha value is -3.05. The number of amides is 1. The van der Waals surface area contributed by atoms with Gasteiger partial charge in [0.05, 0.1) is 16.3 Å². The average molecular weight is 463 g/mol. The van der Waals surface area contributed by atoms with E-state index >= 15 is 0 Å². The molecule has 2 aliphatic rings. The third kappa shape index (κ3) is 4.05. The van der Waals surface area contributed by atoms with Crippen LogP contribution in [0.1, 0.15) is 31.2 Å².